The van der Waals surface area contributed by atoms with Gasteiger partial charge in [0.15, 0.2) is 0 Å². The second kappa shape index (κ2) is 15.7. The van der Waals surface area contributed by atoms with Crippen LogP contribution in [0.2, 0.25) is 0 Å². The maximum atomic E-state index is 11.7. The fourth-order valence-corrected chi connectivity index (χ4v) is 0.966. The van der Waals surface area contributed by atoms with Gasteiger partial charge in [0.05, 0.1) is 13.3 Å². The van der Waals surface area contributed by atoms with Crippen LogP contribution < -0.4 is 15.8 Å². The van der Waals surface area contributed by atoms with Crippen LogP contribution in [0.4, 0.5) is 13.6 Å². The minimum absolute atomic E-state index is 0. The van der Waals surface area contributed by atoms with Gasteiger partial charge in [0.2, 0.25) is 0 Å². The van der Waals surface area contributed by atoms with Gasteiger partial charge in [-0.1, -0.05) is 18.2 Å². The molecule has 20 heavy (non-hydrogen) atoms. The molecule has 116 valence electrons. The van der Waals surface area contributed by atoms with E-state index in [1.165, 1.54) is 0 Å². The smallest absolute Gasteiger partial charge is 0.410 e. The van der Waals surface area contributed by atoms with Gasteiger partial charge >= 0.3 is 6.09 Å². The molecule has 0 aliphatic rings. The molecule has 1 amide bonds. The SMILES string of the molecule is Cl.NCCCF.O=C(NCCCF)Oc1ccccc1. The summed E-state index contributed by atoms with van der Waals surface area (Å²) in [6.45, 7) is 0.0424. The predicted molar refractivity (Wildman–Crippen MR) is 78.0 cm³/mol. The van der Waals surface area contributed by atoms with E-state index in [0.29, 0.717) is 31.7 Å². The second-order valence-electron chi connectivity index (χ2n) is 3.50. The summed E-state index contributed by atoms with van der Waals surface area (Å²) in [4.78, 5) is 11.0. The second-order valence-corrected chi connectivity index (χ2v) is 3.50. The van der Waals surface area contributed by atoms with Gasteiger partial charge in [0.1, 0.15) is 5.75 Å². The van der Waals surface area contributed by atoms with E-state index in [1.807, 2.05) is 6.07 Å². The summed E-state index contributed by atoms with van der Waals surface area (Å²) in [7, 11) is 0. The van der Waals surface area contributed by atoms with E-state index in [9.17, 15) is 13.6 Å². The van der Waals surface area contributed by atoms with Gasteiger partial charge in [-0.15, -0.1) is 12.4 Å². The highest BCUT2D eigenvalue weighted by Crippen LogP contribution is 2.07. The van der Waals surface area contributed by atoms with Crippen molar-refractivity contribution in [3.63, 3.8) is 0 Å². The Kier molecular flexibility index (Phi) is 16.4. The van der Waals surface area contributed by atoms with Crippen LogP contribution in [0.3, 0.4) is 0 Å². The van der Waals surface area contributed by atoms with E-state index in [1.54, 1.807) is 24.3 Å². The normalized spacial score (nSPS) is 8.75. The number of amides is 1. The molecule has 3 N–H and O–H groups in total. The van der Waals surface area contributed by atoms with Crippen molar-refractivity contribution in [3.8, 4) is 5.75 Å². The van der Waals surface area contributed by atoms with E-state index in [-0.39, 0.29) is 19.1 Å². The number of hydrogen-bond donors (Lipinski definition) is 2. The lowest BCUT2D eigenvalue weighted by Gasteiger charge is -2.04. The van der Waals surface area contributed by atoms with Gasteiger partial charge in [0, 0.05) is 6.54 Å². The van der Waals surface area contributed by atoms with Crippen molar-refractivity contribution in [2.45, 2.75) is 12.8 Å². The van der Waals surface area contributed by atoms with Crippen LogP contribution >= 0.6 is 12.4 Å². The number of carbonyl (C=O) groups excluding carboxylic acids is 1. The van der Waals surface area contributed by atoms with Crippen molar-refractivity contribution in [2.24, 2.45) is 5.73 Å². The molecule has 0 radical (unpaired) electrons. The van der Waals surface area contributed by atoms with E-state index in [4.69, 9.17) is 10.5 Å². The molecule has 0 saturated carbocycles. The Morgan fingerprint density at radius 1 is 1.15 bits per heavy atom. The van der Waals surface area contributed by atoms with Gasteiger partial charge in [-0.3, -0.25) is 8.78 Å². The maximum Gasteiger partial charge on any atom is 0.412 e. The molecular weight excluding hydrogens is 290 g/mol. The first-order valence-electron chi connectivity index (χ1n) is 6.07. The van der Waals surface area contributed by atoms with Crippen molar-refractivity contribution < 1.29 is 18.3 Å². The van der Waals surface area contributed by atoms with Crippen LogP contribution in [0.15, 0.2) is 30.3 Å². The zero-order valence-corrected chi connectivity index (χ0v) is 12.0. The number of alkyl halides is 2. The van der Waals surface area contributed by atoms with Crippen molar-refractivity contribution in [1.82, 2.24) is 5.32 Å². The summed E-state index contributed by atoms with van der Waals surface area (Å²) in [5, 5.41) is 2.43. The Morgan fingerprint density at radius 2 is 1.75 bits per heavy atom. The van der Waals surface area contributed by atoms with E-state index in [0.717, 1.165) is 0 Å². The maximum absolute atomic E-state index is 11.7. The number of benzene rings is 1. The Balaban J connectivity index is 0. The monoisotopic (exact) mass is 310 g/mol. The fraction of sp³-hybridized carbons (Fsp3) is 0.462. The summed E-state index contributed by atoms with van der Waals surface area (Å²) < 4.78 is 27.5. The van der Waals surface area contributed by atoms with E-state index >= 15 is 0 Å². The van der Waals surface area contributed by atoms with Crippen LogP contribution in [-0.4, -0.2) is 32.5 Å². The molecule has 1 aromatic rings. The zero-order valence-electron chi connectivity index (χ0n) is 11.2. The van der Waals surface area contributed by atoms with Crippen LogP contribution in [0.1, 0.15) is 12.8 Å². The van der Waals surface area contributed by atoms with Gasteiger partial charge in [-0.25, -0.2) is 4.79 Å². The summed E-state index contributed by atoms with van der Waals surface area (Å²) in [6, 6.07) is 8.71. The molecule has 1 rings (SSSR count). The van der Waals surface area contributed by atoms with Crippen molar-refractivity contribution in [1.29, 1.82) is 0 Å². The standard InChI is InChI=1S/C10H12FNO2.C3H8FN.ClH/c11-7-4-8-12-10(13)14-9-5-2-1-3-6-9;4-2-1-3-5;/h1-3,5-6H,4,7-8H2,(H,12,13);1-3,5H2;1H. The molecule has 0 bridgehead atoms. The fourth-order valence-electron chi connectivity index (χ4n) is 0.966. The number of rotatable bonds is 6. The van der Waals surface area contributed by atoms with Crippen molar-refractivity contribution in [3.05, 3.63) is 30.3 Å². The zero-order chi connectivity index (χ0) is 14.3. The minimum Gasteiger partial charge on any atom is -0.410 e. The van der Waals surface area contributed by atoms with Crippen LogP contribution in [0, 0.1) is 0 Å². The van der Waals surface area contributed by atoms with Crippen LogP contribution in [-0.2, 0) is 0 Å². The van der Waals surface area contributed by atoms with Crippen molar-refractivity contribution >= 4 is 18.5 Å². The molecule has 0 heterocycles. The number of para-hydroxylation sites is 1. The lowest BCUT2D eigenvalue weighted by molar-refractivity contribution is 0.200. The largest absolute Gasteiger partial charge is 0.412 e. The van der Waals surface area contributed by atoms with Gasteiger partial charge in [-0.2, -0.15) is 0 Å². The third-order valence-electron chi connectivity index (χ3n) is 1.87. The number of halogens is 3. The Labute approximate surface area is 124 Å². The number of nitrogens with two attached hydrogens (primary N) is 1. The van der Waals surface area contributed by atoms with E-state index in [2.05, 4.69) is 5.32 Å². The molecule has 0 aliphatic carbocycles. The number of hydrogen-bond acceptors (Lipinski definition) is 3. The minimum atomic E-state index is -0.551. The van der Waals surface area contributed by atoms with E-state index < -0.39 is 12.8 Å². The first-order valence-corrected chi connectivity index (χ1v) is 6.07. The van der Waals surface area contributed by atoms with Crippen LogP contribution in [0.25, 0.3) is 0 Å². The first-order chi connectivity index (χ1) is 9.24. The molecule has 4 nitrogen and oxygen atoms in total. The lowest BCUT2D eigenvalue weighted by atomic mass is 10.3. The number of ether oxygens (including phenoxy) is 1. The number of nitrogens with one attached hydrogen (secondary N) is 1. The van der Waals surface area contributed by atoms with Gasteiger partial charge in [-0.05, 0) is 31.5 Å². The molecule has 0 atom stereocenters. The number of carbonyl (C=O) groups is 1. The topological polar surface area (TPSA) is 64.4 Å². The summed E-state index contributed by atoms with van der Waals surface area (Å²) in [6.07, 6.45) is 0.258. The molecule has 0 saturated heterocycles. The summed E-state index contributed by atoms with van der Waals surface area (Å²) in [5.41, 5.74) is 4.90. The molecule has 0 aliphatic heterocycles. The highest BCUT2D eigenvalue weighted by atomic mass is 35.5. The quantitative estimate of drug-likeness (QED) is 0.794. The summed E-state index contributed by atoms with van der Waals surface area (Å²) >= 11 is 0. The Hall–Kier alpha value is -1.40. The molecule has 7 heteroatoms. The Bertz CT molecular complexity index is 327. The lowest BCUT2D eigenvalue weighted by Crippen LogP contribution is -2.27. The molecular formula is C13H21ClF2N2O2. The highest BCUT2D eigenvalue weighted by molar-refractivity contribution is 5.85. The van der Waals surface area contributed by atoms with Crippen molar-refractivity contribution in [2.75, 3.05) is 26.4 Å². The third-order valence-corrected chi connectivity index (χ3v) is 1.87. The molecule has 0 fully saturated rings. The average Bonchev–Trinajstić information content (AvgIpc) is 2.42. The molecule has 0 unspecified atom stereocenters. The molecule has 0 spiro atoms. The average molecular weight is 311 g/mol. The summed E-state index contributed by atoms with van der Waals surface area (Å²) in [5.74, 6) is 0.477. The molecule has 1 aromatic carbocycles. The van der Waals surface area contributed by atoms with Crippen LogP contribution in [0.5, 0.6) is 5.75 Å². The van der Waals surface area contributed by atoms with Gasteiger partial charge < -0.3 is 15.8 Å². The third kappa shape index (κ3) is 13.0. The Morgan fingerprint density at radius 3 is 2.20 bits per heavy atom. The first kappa shape index (κ1) is 20.9. The van der Waals surface area contributed by atoms with Gasteiger partial charge in [0.25, 0.3) is 0 Å². The predicted octanol–water partition coefficient (Wildman–Crippen LogP) is 2.86. The highest BCUT2D eigenvalue weighted by Gasteiger charge is 2.01. The molecule has 0 aromatic heterocycles.